The van der Waals surface area contributed by atoms with Gasteiger partial charge in [-0.2, -0.15) is 0 Å². The zero-order chi connectivity index (χ0) is 11.3. The van der Waals surface area contributed by atoms with Gasteiger partial charge in [-0.05, 0) is 18.6 Å². The summed E-state index contributed by atoms with van der Waals surface area (Å²) in [7, 11) is 0. The molecule has 0 heterocycles. The number of carbonyl (C=O) groups excluding carboxylic acids is 1. The Morgan fingerprint density at radius 2 is 2.20 bits per heavy atom. The molecule has 0 unspecified atom stereocenters. The minimum atomic E-state index is -0.354. The van der Waals surface area contributed by atoms with Gasteiger partial charge in [0.05, 0.1) is 6.42 Å². The Hall–Kier alpha value is -1.42. The first-order valence-corrected chi connectivity index (χ1v) is 4.86. The van der Waals surface area contributed by atoms with Crippen molar-refractivity contribution in [3.63, 3.8) is 0 Å². The van der Waals surface area contributed by atoms with E-state index in [0.717, 1.165) is 0 Å². The van der Waals surface area contributed by atoms with Crippen molar-refractivity contribution in [3.8, 4) is 0 Å². The SMILES string of the molecule is C[C@H](CN)NC(=O)Cc1ccccc1F. The van der Waals surface area contributed by atoms with Crippen LogP contribution in [0.2, 0.25) is 0 Å². The van der Waals surface area contributed by atoms with E-state index in [1.807, 2.05) is 0 Å². The van der Waals surface area contributed by atoms with Gasteiger partial charge in [0.1, 0.15) is 5.82 Å². The summed E-state index contributed by atoms with van der Waals surface area (Å²) >= 11 is 0. The summed E-state index contributed by atoms with van der Waals surface area (Å²) in [5.74, 6) is -0.564. The molecule has 0 spiro atoms. The predicted octanol–water partition coefficient (Wildman–Crippen LogP) is 0.832. The lowest BCUT2D eigenvalue weighted by Gasteiger charge is -2.11. The smallest absolute Gasteiger partial charge is 0.224 e. The molecule has 0 aliphatic carbocycles. The van der Waals surface area contributed by atoms with Crippen molar-refractivity contribution in [2.45, 2.75) is 19.4 Å². The van der Waals surface area contributed by atoms with Crippen molar-refractivity contribution in [1.29, 1.82) is 0 Å². The molecular formula is C11H15FN2O. The molecule has 0 saturated carbocycles. The molecule has 1 aromatic rings. The highest BCUT2D eigenvalue weighted by molar-refractivity contribution is 5.78. The Morgan fingerprint density at radius 3 is 2.80 bits per heavy atom. The fourth-order valence-corrected chi connectivity index (χ4v) is 1.20. The third-order valence-corrected chi connectivity index (χ3v) is 2.07. The second-order valence-corrected chi connectivity index (χ2v) is 3.47. The van der Waals surface area contributed by atoms with Gasteiger partial charge in [0.2, 0.25) is 5.91 Å². The lowest BCUT2D eigenvalue weighted by Crippen LogP contribution is -2.38. The first-order chi connectivity index (χ1) is 7.13. The Kier molecular flexibility index (Phi) is 4.24. The maximum atomic E-state index is 13.2. The number of hydrogen-bond donors (Lipinski definition) is 2. The first kappa shape index (κ1) is 11.7. The van der Waals surface area contributed by atoms with Gasteiger partial charge in [-0.25, -0.2) is 4.39 Å². The molecule has 1 atom stereocenters. The van der Waals surface area contributed by atoms with Crippen LogP contribution in [0.25, 0.3) is 0 Å². The van der Waals surface area contributed by atoms with Crippen LogP contribution in [-0.2, 0) is 11.2 Å². The molecule has 82 valence electrons. The van der Waals surface area contributed by atoms with Crippen molar-refractivity contribution in [2.24, 2.45) is 5.73 Å². The Morgan fingerprint density at radius 1 is 1.53 bits per heavy atom. The molecule has 1 rings (SSSR count). The lowest BCUT2D eigenvalue weighted by atomic mass is 10.1. The van der Waals surface area contributed by atoms with E-state index >= 15 is 0 Å². The van der Waals surface area contributed by atoms with Crippen LogP contribution in [0.15, 0.2) is 24.3 Å². The number of hydrogen-bond acceptors (Lipinski definition) is 2. The summed E-state index contributed by atoms with van der Waals surface area (Å²) in [4.78, 5) is 11.4. The molecule has 0 aromatic heterocycles. The number of benzene rings is 1. The molecule has 1 aromatic carbocycles. The second kappa shape index (κ2) is 5.46. The highest BCUT2D eigenvalue weighted by atomic mass is 19.1. The number of rotatable bonds is 4. The van der Waals surface area contributed by atoms with Crippen LogP contribution in [-0.4, -0.2) is 18.5 Å². The van der Waals surface area contributed by atoms with Crippen molar-refractivity contribution < 1.29 is 9.18 Å². The van der Waals surface area contributed by atoms with Gasteiger partial charge in [-0.1, -0.05) is 18.2 Å². The van der Waals surface area contributed by atoms with E-state index in [2.05, 4.69) is 5.32 Å². The minimum Gasteiger partial charge on any atom is -0.352 e. The van der Waals surface area contributed by atoms with Crippen LogP contribution >= 0.6 is 0 Å². The fraction of sp³-hybridized carbons (Fsp3) is 0.364. The van der Waals surface area contributed by atoms with E-state index in [1.54, 1.807) is 25.1 Å². The van der Waals surface area contributed by atoms with Crippen molar-refractivity contribution >= 4 is 5.91 Å². The molecule has 0 bridgehead atoms. The minimum absolute atomic E-state index is 0.0526. The van der Waals surface area contributed by atoms with Gasteiger partial charge in [-0.15, -0.1) is 0 Å². The van der Waals surface area contributed by atoms with Crippen molar-refractivity contribution in [3.05, 3.63) is 35.6 Å². The lowest BCUT2D eigenvalue weighted by molar-refractivity contribution is -0.121. The summed E-state index contributed by atoms with van der Waals surface area (Å²) in [6, 6.07) is 6.16. The highest BCUT2D eigenvalue weighted by Crippen LogP contribution is 2.06. The number of nitrogens with one attached hydrogen (secondary N) is 1. The monoisotopic (exact) mass is 210 g/mol. The molecule has 3 N–H and O–H groups in total. The summed E-state index contributed by atoms with van der Waals surface area (Å²) in [6.45, 7) is 2.18. The molecule has 0 aliphatic rings. The molecule has 3 nitrogen and oxygen atoms in total. The van der Waals surface area contributed by atoms with Gasteiger partial charge in [-0.3, -0.25) is 4.79 Å². The number of carbonyl (C=O) groups is 1. The largest absolute Gasteiger partial charge is 0.352 e. The Labute approximate surface area is 88.5 Å². The van der Waals surface area contributed by atoms with Crippen LogP contribution in [0.1, 0.15) is 12.5 Å². The summed E-state index contributed by atoms with van der Waals surface area (Å²) in [5, 5.41) is 2.67. The molecule has 0 aliphatic heterocycles. The van der Waals surface area contributed by atoms with Crippen molar-refractivity contribution in [1.82, 2.24) is 5.32 Å². The molecule has 1 amide bonds. The van der Waals surface area contributed by atoms with E-state index in [0.29, 0.717) is 12.1 Å². The number of nitrogens with two attached hydrogens (primary N) is 1. The van der Waals surface area contributed by atoms with Gasteiger partial charge in [0, 0.05) is 12.6 Å². The maximum Gasteiger partial charge on any atom is 0.224 e. The summed E-state index contributed by atoms with van der Waals surface area (Å²) in [5.41, 5.74) is 5.76. The maximum absolute atomic E-state index is 13.2. The third kappa shape index (κ3) is 3.67. The zero-order valence-electron chi connectivity index (χ0n) is 8.66. The quantitative estimate of drug-likeness (QED) is 0.773. The van der Waals surface area contributed by atoms with Crippen LogP contribution in [0.5, 0.6) is 0 Å². The second-order valence-electron chi connectivity index (χ2n) is 3.47. The van der Waals surface area contributed by atoms with Gasteiger partial charge < -0.3 is 11.1 Å². The van der Waals surface area contributed by atoms with Gasteiger partial charge in [0.25, 0.3) is 0 Å². The standard InChI is InChI=1S/C11H15FN2O/c1-8(7-13)14-11(15)6-9-4-2-3-5-10(9)12/h2-5,8H,6-7,13H2,1H3,(H,14,15)/t8-/m1/s1. The van der Waals surface area contributed by atoms with Crippen LogP contribution in [0.4, 0.5) is 4.39 Å². The predicted molar refractivity (Wildman–Crippen MR) is 56.8 cm³/mol. The summed E-state index contributed by atoms with van der Waals surface area (Å²) in [6.07, 6.45) is 0.0526. The number of amides is 1. The third-order valence-electron chi connectivity index (χ3n) is 2.07. The van der Waals surface area contributed by atoms with Crippen LogP contribution in [0, 0.1) is 5.82 Å². The summed E-state index contributed by atoms with van der Waals surface area (Å²) < 4.78 is 13.2. The normalized spacial score (nSPS) is 12.2. The van der Waals surface area contributed by atoms with E-state index in [-0.39, 0.29) is 24.2 Å². The highest BCUT2D eigenvalue weighted by Gasteiger charge is 2.09. The molecule has 0 fully saturated rings. The molecule has 0 radical (unpaired) electrons. The molecule has 15 heavy (non-hydrogen) atoms. The zero-order valence-corrected chi connectivity index (χ0v) is 8.66. The van der Waals surface area contributed by atoms with E-state index in [4.69, 9.17) is 5.73 Å². The fourth-order valence-electron chi connectivity index (χ4n) is 1.20. The number of halogens is 1. The van der Waals surface area contributed by atoms with Crippen LogP contribution in [0.3, 0.4) is 0 Å². The molecule has 0 saturated heterocycles. The average Bonchev–Trinajstić information content (AvgIpc) is 2.21. The Balaban J connectivity index is 2.55. The average molecular weight is 210 g/mol. The van der Waals surface area contributed by atoms with Crippen molar-refractivity contribution in [2.75, 3.05) is 6.54 Å². The van der Waals surface area contributed by atoms with Gasteiger partial charge in [0.15, 0.2) is 0 Å². The van der Waals surface area contributed by atoms with Crippen LogP contribution < -0.4 is 11.1 Å². The Bertz CT molecular complexity index is 341. The molecule has 4 heteroatoms. The topological polar surface area (TPSA) is 55.1 Å². The van der Waals surface area contributed by atoms with Gasteiger partial charge >= 0.3 is 0 Å². The van der Waals surface area contributed by atoms with E-state index < -0.39 is 0 Å². The van der Waals surface area contributed by atoms with E-state index in [1.165, 1.54) is 6.07 Å². The van der Waals surface area contributed by atoms with E-state index in [9.17, 15) is 9.18 Å². The first-order valence-electron chi connectivity index (χ1n) is 4.86. The molecular weight excluding hydrogens is 195 g/mol.